The minimum absolute atomic E-state index is 0.00830. The number of hydrogen-bond acceptors (Lipinski definition) is 6. The van der Waals surface area contributed by atoms with Crippen LogP contribution in [-0.2, 0) is 4.79 Å². The Morgan fingerprint density at radius 1 is 1.09 bits per heavy atom. The van der Waals surface area contributed by atoms with Gasteiger partial charge in [-0.05, 0) is 49.2 Å². The molecule has 8 nitrogen and oxygen atoms in total. The third kappa shape index (κ3) is 4.47. The summed E-state index contributed by atoms with van der Waals surface area (Å²) in [6.07, 6.45) is 1.37. The number of benzene rings is 2. The summed E-state index contributed by atoms with van der Waals surface area (Å²) in [6, 6.07) is 11.5. The Morgan fingerprint density at radius 2 is 1.84 bits per heavy atom. The van der Waals surface area contributed by atoms with Gasteiger partial charge in [-0.25, -0.2) is 14.4 Å². The first-order valence-electron chi connectivity index (χ1n) is 9.80. The normalized spacial score (nSPS) is 15.6. The summed E-state index contributed by atoms with van der Waals surface area (Å²) < 4.78 is 19.5. The van der Waals surface area contributed by atoms with Crippen molar-refractivity contribution in [1.82, 2.24) is 9.97 Å². The van der Waals surface area contributed by atoms with Crippen molar-refractivity contribution in [2.24, 2.45) is 11.5 Å². The first kappa shape index (κ1) is 21.5. The molecule has 0 saturated carbocycles. The molecule has 1 aliphatic rings. The Morgan fingerprint density at radius 3 is 2.53 bits per heavy atom. The largest absolute Gasteiger partial charge is 0.454 e. The highest BCUT2D eigenvalue weighted by Crippen LogP contribution is 2.30. The highest BCUT2D eigenvalue weighted by atomic mass is 35.5. The number of nitrogens with two attached hydrogens (primary N) is 2. The lowest BCUT2D eigenvalue weighted by atomic mass is 10.2. The zero-order chi connectivity index (χ0) is 22.8. The van der Waals surface area contributed by atoms with Crippen molar-refractivity contribution in [3.63, 3.8) is 0 Å². The van der Waals surface area contributed by atoms with E-state index in [2.05, 4.69) is 9.97 Å². The van der Waals surface area contributed by atoms with Gasteiger partial charge in [-0.3, -0.25) is 9.59 Å². The van der Waals surface area contributed by atoms with Crippen molar-refractivity contribution in [3.8, 4) is 22.9 Å². The van der Waals surface area contributed by atoms with Gasteiger partial charge in [0.25, 0.3) is 5.91 Å². The van der Waals surface area contributed by atoms with Gasteiger partial charge in [0.2, 0.25) is 5.91 Å². The lowest BCUT2D eigenvalue weighted by Gasteiger charge is -2.23. The number of halogens is 2. The molecule has 1 aromatic heterocycles. The van der Waals surface area contributed by atoms with Gasteiger partial charge < -0.3 is 21.1 Å². The van der Waals surface area contributed by atoms with Crippen molar-refractivity contribution in [2.75, 3.05) is 11.4 Å². The molecular weight excluding hydrogens is 437 g/mol. The zero-order valence-corrected chi connectivity index (χ0v) is 17.6. The molecule has 0 spiro atoms. The second-order valence-electron chi connectivity index (χ2n) is 7.25. The predicted molar refractivity (Wildman–Crippen MR) is 117 cm³/mol. The summed E-state index contributed by atoms with van der Waals surface area (Å²) in [4.78, 5) is 34.1. The van der Waals surface area contributed by atoms with Crippen LogP contribution in [-0.4, -0.2) is 34.4 Å². The quantitative estimate of drug-likeness (QED) is 0.587. The van der Waals surface area contributed by atoms with Crippen molar-refractivity contribution in [2.45, 2.75) is 18.9 Å². The third-order valence-corrected chi connectivity index (χ3v) is 5.31. The molecule has 4 rings (SSSR count). The Kier molecular flexibility index (Phi) is 5.91. The summed E-state index contributed by atoms with van der Waals surface area (Å²) in [7, 11) is 0. The molecule has 10 heteroatoms. The van der Waals surface area contributed by atoms with E-state index in [1.807, 2.05) is 0 Å². The number of amides is 2. The molecule has 0 aliphatic carbocycles. The number of aromatic nitrogens is 2. The topological polar surface area (TPSA) is 124 Å². The molecule has 2 amide bonds. The number of hydrogen-bond donors (Lipinski definition) is 2. The van der Waals surface area contributed by atoms with E-state index in [-0.39, 0.29) is 17.3 Å². The number of anilines is 1. The molecule has 4 N–H and O–H groups in total. The van der Waals surface area contributed by atoms with Crippen molar-refractivity contribution in [1.29, 1.82) is 0 Å². The molecule has 0 bridgehead atoms. The van der Waals surface area contributed by atoms with Crippen molar-refractivity contribution >= 4 is 29.2 Å². The van der Waals surface area contributed by atoms with Gasteiger partial charge in [-0.2, -0.15) is 0 Å². The number of ether oxygens (including phenoxy) is 1. The van der Waals surface area contributed by atoms with Crippen LogP contribution < -0.4 is 21.1 Å². The fraction of sp³-hybridized carbons (Fsp3) is 0.182. The van der Waals surface area contributed by atoms with E-state index in [1.165, 1.54) is 24.3 Å². The maximum atomic E-state index is 13.9. The van der Waals surface area contributed by atoms with Crippen LogP contribution in [0.4, 0.5) is 10.2 Å². The van der Waals surface area contributed by atoms with Crippen LogP contribution in [0.25, 0.3) is 11.4 Å². The van der Waals surface area contributed by atoms with E-state index >= 15 is 0 Å². The maximum absolute atomic E-state index is 13.9. The maximum Gasteiger partial charge on any atom is 0.267 e. The van der Waals surface area contributed by atoms with Crippen LogP contribution in [0.3, 0.4) is 0 Å². The molecule has 32 heavy (non-hydrogen) atoms. The van der Waals surface area contributed by atoms with E-state index < -0.39 is 23.7 Å². The Hall–Kier alpha value is -3.72. The standard InChI is InChI=1S/C22H19ClFN5O3/c23-13-5-8-15(24)18(10-13)32-14-6-3-12(4-7-14)22-27-16(20(25)30)11-19(28-22)29-9-1-2-17(29)21(26)31/h3-8,10-11,17H,1-2,9H2,(H2,25,30)(H2,26,31)/t17-/m0/s1. The summed E-state index contributed by atoms with van der Waals surface area (Å²) in [6.45, 7) is 0.570. The van der Waals surface area contributed by atoms with Crippen molar-refractivity contribution in [3.05, 3.63) is 65.1 Å². The Bertz CT molecular complexity index is 1190. The van der Waals surface area contributed by atoms with Crippen LogP contribution in [0.1, 0.15) is 23.3 Å². The van der Waals surface area contributed by atoms with E-state index in [9.17, 15) is 14.0 Å². The van der Waals surface area contributed by atoms with E-state index in [4.69, 9.17) is 27.8 Å². The van der Waals surface area contributed by atoms with Gasteiger partial charge >= 0.3 is 0 Å². The summed E-state index contributed by atoms with van der Waals surface area (Å²) in [5, 5.41) is 0.346. The molecular formula is C22H19ClFN5O3. The highest BCUT2D eigenvalue weighted by molar-refractivity contribution is 6.30. The molecule has 1 atom stereocenters. The molecule has 1 fully saturated rings. The van der Waals surface area contributed by atoms with Gasteiger partial charge in [0.1, 0.15) is 23.3 Å². The average Bonchev–Trinajstić information content (AvgIpc) is 3.27. The second kappa shape index (κ2) is 8.80. The lowest BCUT2D eigenvalue weighted by molar-refractivity contribution is -0.119. The number of primary amides is 2. The first-order valence-corrected chi connectivity index (χ1v) is 10.2. The summed E-state index contributed by atoms with van der Waals surface area (Å²) in [5.41, 5.74) is 11.5. The SMILES string of the molecule is NC(=O)c1cc(N2CCC[C@H]2C(N)=O)nc(-c2ccc(Oc3cc(Cl)ccc3F)cc2)n1. The Labute approximate surface area is 188 Å². The van der Waals surface area contributed by atoms with Gasteiger partial charge in [0.15, 0.2) is 17.4 Å². The minimum Gasteiger partial charge on any atom is -0.454 e. The van der Waals surface area contributed by atoms with Crippen LogP contribution >= 0.6 is 11.6 Å². The highest BCUT2D eigenvalue weighted by Gasteiger charge is 2.31. The molecule has 2 heterocycles. The van der Waals surface area contributed by atoms with Crippen LogP contribution in [0, 0.1) is 5.82 Å². The fourth-order valence-corrected chi connectivity index (χ4v) is 3.69. The molecule has 164 valence electrons. The monoisotopic (exact) mass is 455 g/mol. The molecule has 3 aromatic rings. The van der Waals surface area contributed by atoms with Gasteiger partial charge in [-0.1, -0.05) is 11.6 Å². The molecule has 1 aliphatic heterocycles. The first-order chi connectivity index (χ1) is 15.3. The third-order valence-electron chi connectivity index (χ3n) is 5.07. The number of carbonyl (C=O) groups excluding carboxylic acids is 2. The molecule has 2 aromatic carbocycles. The summed E-state index contributed by atoms with van der Waals surface area (Å²) >= 11 is 5.89. The van der Waals surface area contributed by atoms with Gasteiger partial charge in [0, 0.05) is 29.3 Å². The van der Waals surface area contributed by atoms with Crippen LogP contribution in [0.15, 0.2) is 48.5 Å². The Balaban J connectivity index is 1.65. The van der Waals surface area contributed by atoms with Gasteiger partial charge in [0.05, 0.1) is 0 Å². The smallest absolute Gasteiger partial charge is 0.267 e. The molecule has 1 saturated heterocycles. The molecule has 0 radical (unpaired) electrons. The number of rotatable bonds is 6. The fourth-order valence-electron chi connectivity index (χ4n) is 3.53. The van der Waals surface area contributed by atoms with Crippen LogP contribution in [0.2, 0.25) is 5.02 Å². The number of nitrogens with zero attached hydrogens (tertiary/aromatic N) is 3. The average molecular weight is 456 g/mol. The second-order valence-corrected chi connectivity index (χ2v) is 7.69. The van der Waals surface area contributed by atoms with Crippen molar-refractivity contribution < 1.29 is 18.7 Å². The number of carbonyl (C=O) groups is 2. The molecule has 0 unspecified atom stereocenters. The van der Waals surface area contributed by atoms with E-state index in [0.717, 1.165) is 6.42 Å². The van der Waals surface area contributed by atoms with Crippen LogP contribution in [0.5, 0.6) is 11.5 Å². The summed E-state index contributed by atoms with van der Waals surface area (Å²) in [5.74, 6) is -0.728. The lowest BCUT2D eigenvalue weighted by Crippen LogP contribution is -2.41. The van der Waals surface area contributed by atoms with E-state index in [0.29, 0.717) is 35.1 Å². The predicted octanol–water partition coefficient (Wildman–Crippen LogP) is 3.28. The van der Waals surface area contributed by atoms with E-state index in [1.54, 1.807) is 29.2 Å². The van der Waals surface area contributed by atoms with Gasteiger partial charge in [-0.15, -0.1) is 0 Å². The minimum atomic E-state index is -0.721. The zero-order valence-electron chi connectivity index (χ0n) is 16.8.